The van der Waals surface area contributed by atoms with Gasteiger partial charge in [-0.15, -0.1) is 11.6 Å². The van der Waals surface area contributed by atoms with Crippen molar-refractivity contribution in [3.05, 3.63) is 12.1 Å². The Bertz CT molecular complexity index is 600. The van der Waals surface area contributed by atoms with E-state index in [0.29, 0.717) is 30.8 Å². The second kappa shape index (κ2) is 6.46. The molecule has 8 heteroatoms. The van der Waals surface area contributed by atoms with Crippen LogP contribution < -0.4 is 10.2 Å². The van der Waals surface area contributed by atoms with E-state index in [4.69, 9.17) is 21.0 Å². The number of nitrogens with one attached hydrogen (secondary N) is 1. The number of aliphatic hydroxyl groups is 1. The van der Waals surface area contributed by atoms with Gasteiger partial charge in [0.1, 0.15) is 0 Å². The molecule has 0 saturated carbocycles. The zero-order valence-corrected chi connectivity index (χ0v) is 12.2. The molecule has 1 unspecified atom stereocenters. The standard InChI is InChI=1S/C13H17ClN4O3/c14-7-9(19)8-15-10-1-2-11(13-12(10)16-21-17-13)18-3-5-20-6-4-18/h1-2,9,15,19H,3-8H2. The Morgan fingerprint density at radius 2 is 2.05 bits per heavy atom. The molecule has 1 fully saturated rings. The highest BCUT2D eigenvalue weighted by Crippen LogP contribution is 2.30. The Balaban J connectivity index is 1.86. The number of hydrogen-bond acceptors (Lipinski definition) is 7. The number of alkyl halides is 1. The van der Waals surface area contributed by atoms with Gasteiger partial charge < -0.3 is 20.1 Å². The summed E-state index contributed by atoms with van der Waals surface area (Å²) in [4.78, 5) is 2.20. The minimum absolute atomic E-state index is 0.180. The summed E-state index contributed by atoms with van der Waals surface area (Å²) in [5.74, 6) is 0.180. The topological polar surface area (TPSA) is 83.7 Å². The van der Waals surface area contributed by atoms with E-state index in [9.17, 15) is 5.11 Å². The predicted molar refractivity (Wildman–Crippen MR) is 80.1 cm³/mol. The third-order valence-corrected chi connectivity index (χ3v) is 3.81. The fraction of sp³-hybridized carbons (Fsp3) is 0.538. The molecule has 0 bridgehead atoms. The van der Waals surface area contributed by atoms with E-state index in [0.717, 1.165) is 24.5 Å². The lowest BCUT2D eigenvalue weighted by Gasteiger charge is -2.28. The largest absolute Gasteiger partial charge is 0.390 e. The molecule has 7 nitrogen and oxygen atoms in total. The monoisotopic (exact) mass is 312 g/mol. The Hall–Kier alpha value is -1.57. The Morgan fingerprint density at radius 3 is 2.81 bits per heavy atom. The minimum Gasteiger partial charge on any atom is -0.390 e. The van der Waals surface area contributed by atoms with Crippen molar-refractivity contribution in [3.8, 4) is 0 Å². The number of aliphatic hydroxyl groups excluding tert-OH is 1. The van der Waals surface area contributed by atoms with Gasteiger partial charge in [-0.3, -0.25) is 0 Å². The van der Waals surface area contributed by atoms with Gasteiger partial charge in [0.2, 0.25) is 0 Å². The van der Waals surface area contributed by atoms with Crippen molar-refractivity contribution in [2.75, 3.05) is 48.9 Å². The molecular formula is C13H17ClN4O3. The second-order valence-corrected chi connectivity index (χ2v) is 5.19. The van der Waals surface area contributed by atoms with E-state index in [1.807, 2.05) is 12.1 Å². The van der Waals surface area contributed by atoms with Crippen LogP contribution in [0.4, 0.5) is 11.4 Å². The van der Waals surface area contributed by atoms with Gasteiger partial charge in [0.25, 0.3) is 0 Å². The van der Waals surface area contributed by atoms with E-state index in [1.54, 1.807) is 0 Å². The Morgan fingerprint density at radius 1 is 1.29 bits per heavy atom. The SMILES string of the molecule is OC(CCl)CNc1ccc(N2CCOCC2)c2nonc12. The maximum Gasteiger partial charge on any atom is 0.160 e. The van der Waals surface area contributed by atoms with E-state index in [1.165, 1.54) is 0 Å². The van der Waals surface area contributed by atoms with Crippen LogP contribution in [-0.2, 0) is 4.74 Å². The third-order valence-electron chi connectivity index (χ3n) is 3.45. The van der Waals surface area contributed by atoms with Crippen LogP contribution in [0, 0.1) is 0 Å². The molecule has 2 N–H and O–H groups in total. The average molecular weight is 313 g/mol. The van der Waals surface area contributed by atoms with Crippen LogP contribution in [0.1, 0.15) is 0 Å². The molecule has 1 aromatic carbocycles. The number of nitrogens with zero attached hydrogens (tertiary/aromatic N) is 3. The molecular weight excluding hydrogens is 296 g/mol. The van der Waals surface area contributed by atoms with E-state index in [-0.39, 0.29) is 5.88 Å². The highest BCUT2D eigenvalue weighted by molar-refractivity contribution is 6.18. The van der Waals surface area contributed by atoms with Crippen molar-refractivity contribution >= 4 is 34.0 Å². The van der Waals surface area contributed by atoms with Crippen LogP contribution in [0.5, 0.6) is 0 Å². The summed E-state index contributed by atoms with van der Waals surface area (Å²) in [6, 6.07) is 3.89. The lowest BCUT2D eigenvalue weighted by atomic mass is 10.2. The summed E-state index contributed by atoms with van der Waals surface area (Å²) in [5.41, 5.74) is 3.12. The quantitative estimate of drug-likeness (QED) is 0.799. The molecule has 21 heavy (non-hydrogen) atoms. The molecule has 114 valence electrons. The number of morpholine rings is 1. The predicted octanol–water partition coefficient (Wildman–Crippen LogP) is 1.07. The average Bonchev–Trinajstić information content (AvgIpc) is 3.02. The fourth-order valence-electron chi connectivity index (χ4n) is 2.34. The van der Waals surface area contributed by atoms with Gasteiger partial charge in [0.05, 0.1) is 36.6 Å². The fourth-order valence-corrected chi connectivity index (χ4v) is 2.45. The van der Waals surface area contributed by atoms with Gasteiger partial charge >= 0.3 is 0 Å². The van der Waals surface area contributed by atoms with Gasteiger partial charge in [-0.1, -0.05) is 0 Å². The first kappa shape index (κ1) is 14.4. The molecule has 2 heterocycles. The maximum atomic E-state index is 9.52. The van der Waals surface area contributed by atoms with Crippen LogP contribution in [-0.4, -0.2) is 60.3 Å². The van der Waals surface area contributed by atoms with Crippen molar-refractivity contribution in [3.63, 3.8) is 0 Å². The molecule has 0 spiro atoms. The number of hydrogen-bond donors (Lipinski definition) is 2. The molecule has 0 amide bonds. The van der Waals surface area contributed by atoms with Crippen LogP contribution >= 0.6 is 11.6 Å². The molecule has 1 atom stereocenters. The Kier molecular flexibility index (Phi) is 4.42. The second-order valence-electron chi connectivity index (χ2n) is 4.88. The lowest BCUT2D eigenvalue weighted by molar-refractivity contribution is 0.123. The summed E-state index contributed by atoms with van der Waals surface area (Å²) in [7, 11) is 0. The van der Waals surface area contributed by atoms with Gasteiger partial charge in [-0.05, 0) is 22.4 Å². The van der Waals surface area contributed by atoms with Gasteiger partial charge in [-0.25, -0.2) is 4.63 Å². The number of aromatic nitrogens is 2. The van der Waals surface area contributed by atoms with Crippen molar-refractivity contribution in [1.29, 1.82) is 0 Å². The zero-order chi connectivity index (χ0) is 14.7. The van der Waals surface area contributed by atoms with Gasteiger partial charge in [0, 0.05) is 19.6 Å². The summed E-state index contributed by atoms with van der Waals surface area (Å²) >= 11 is 5.59. The number of rotatable bonds is 5. The minimum atomic E-state index is -0.611. The molecule has 2 aromatic rings. The first-order valence-electron chi connectivity index (χ1n) is 6.85. The summed E-state index contributed by atoms with van der Waals surface area (Å²) in [6.45, 7) is 3.39. The van der Waals surface area contributed by atoms with Crippen molar-refractivity contribution in [2.45, 2.75) is 6.10 Å². The lowest BCUT2D eigenvalue weighted by Crippen LogP contribution is -2.36. The summed E-state index contributed by atoms with van der Waals surface area (Å²) in [6.07, 6.45) is -0.611. The van der Waals surface area contributed by atoms with Crippen LogP contribution in [0.25, 0.3) is 11.0 Å². The smallest absolute Gasteiger partial charge is 0.160 e. The van der Waals surface area contributed by atoms with Crippen molar-refractivity contribution < 1.29 is 14.5 Å². The highest BCUT2D eigenvalue weighted by atomic mass is 35.5. The van der Waals surface area contributed by atoms with Crippen LogP contribution in [0.15, 0.2) is 16.8 Å². The van der Waals surface area contributed by atoms with Crippen LogP contribution in [0.3, 0.4) is 0 Å². The highest BCUT2D eigenvalue weighted by Gasteiger charge is 2.19. The van der Waals surface area contributed by atoms with Gasteiger partial charge in [-0.2, -0.15) is 0 Å². The first-order valence-corrected chi connectivity index (χ1v) is 7.39. The first-order chi connectivity index (χ1) is 10.3. The molecule has 1 aliphatic heterocycles. The van der Waals surface area contributed by atoms with Gasteiger partial charge in [0.15, 0.2) is 11.0 Å². The number of ether oxygens (including phenoxy) is 1. The van der Waals surface area contributed by atoms with E-state index < -0.39 is 6.10 Å². The maximum absolute atomic E-state index is 9.52. The zero-order valence-electron chi connectivity index (χ0n) is 11.5. The number of fused-ring (bicyclic) bond motifs is 1. The normalized spacial score (nSPS) is 17.1. The molecule has 1 saturated heterocycles. The number of anilines is 2. The molecule has 1 aliphatic rings. The summed E-state index contributed by atoms with van der Waals surface area (Å²) in [5, 5.41) is 20.6. The molecule has 3 rings (SSSR count). The van der Waals surface area contributed by atoms with Crippen molar-refractivity contribution in [1.82, 2.24) is 10.3 Å². The van der Waals surface area contributed by atoms with E-state index >= 15 is 0 Å². The Labute approximate surface area is 126 Å². The third kappa shape index (κ3) is 3.04. The summed E-state index contributed by atoms with van der Waals surface area (Å²) < 4.78 is 10.2. The number of halogens is 1. The number of benzene rings is 1. The van der Waals surface area contributed by atoms with Crippen molar-refractivity contribution in [2.24, 2.45) is 0 Å². The van der Waals surface area contributed by atoms with Crippen LogP contribution in [0.2, 0.25) is 0 Å². The van der Waals surface area contributed by atoms with E-state index in [2.05, 4.69) is 20.5 Å². The molecule has 0 aliphatic carbocycles. The molecule has 1 aromatic heterocycles. The molecule has 0 radical (unpaired) electrons.